The molecule has 1 saturated heterocycles. The molecule has 2 saturated carbocycles. The average molecular weight is 551 g/mol. The highest BCUT2D eigenvalue weighted by Gasteiger charge is 2.37. The van der Waals surface area contributed by atoms with Crippen LogP contribution in [0.15, 0.2) is 46.2 Å². The predicted octanol–water partition coefficient (Wildman–Crippen LogP) is 3.45. The minimum absolute atomic E-state index is 0.00200. The van der Waals surface area contributed by atoms with Gasteiger partial charge in [-0.3, -0.25) is 4.79 Å². The van der Waals surface area contributed by atoms with Gasteiger partial charge in [-0.2, -0.15) is 0 Å². The zero-order valence-electron chi connectivity index (χ0n) is 20.7. The number of sulfone groups is 2. The zero-order valence-corrected chi connectivity index (χ0v) is 22.4. The third kappa shape index (κ3) is 5.47. The molecule has 1 heterocycles. The lowest BCUT2D eigenvalue weighted by Gasteiger charge is -2.36. The van der Waals surface area contributed by atoms with Crippen LogP contribution in [0.3, 0.4) is 0 Å². The number of carbonyl (C=O) groups is 1. The second kappa shape index (κ2) is 9.90. The van der Waals surface area contributed by atoms with Crippen molar-refractivity contribution >= 4 is 31.3 Å². The Kier molecular flexibility index (Phi) is 6.95. The maximum absolute atomic E-state index is 14.9. The van der Waals surface area contributed by atoms with Gasteiger partial charge in [-0.15, -0.1) is 0 Å². The number of nitrogens with zero attached hydrogens (tertiary/aromatic N) is 2. The smallest absolute Gasteiger partial charge is 0.257 e. The zero-order chi connectivity index (χ0) is 26.4. The number of rotatable bonds is 7. The molecule has 0 N–H and O–H groups in total. The van der Waals surface area contributed by atoms with Crippen LogP contribution in [0.2, 0.25) is 0 Å². The van der Waals surface area contributed by atoms with Gasteiger partial charge in [-0.05, 0) is 74.9 Å². The number of hydrogen-bond acceptors (Lipinski definition) is 7. The number of carbonyl (C=O) groups excluding carboxylic acids is 1. The maximum Gasteiger partial charge on any atom is 0.257 e. The predicted molar refractivity (Wildman–Crippen MR) is 137 cm³/mol. The molecule has 0 radical (unpaired) electrons. The van der Waals surface area contributed by atoms with Crippen molar-refractivity contribution < 1.29 is 30.8 Å². The summed E-state index contributed by atoms with van der Waals surface area (Å²) in [6.07, 6.45) is 6.23. The van der Waals surface area contributed by atoms with E-state index >= 15 is 0 Å². The number of hydrogen-bond donors (Lipinski definition) is 0. The summed E-state index contributed by atoms with van der Waals surface area (Å²) in [6, 6.07) is 8.43. The first-order valence-corrected chi connectivity index (χ1v) is 16.1. The van der Waals surface area contributed by atoms with Crippen molar-refractivity contribution in [3.05, 3.63) is 47.8 Å². The molecule has 8 nitrogen and oxygen atoms in total. The molecule has 2 aromatic carbocycles. The number of ether oxygens (including phenoxy) is 1. The monoisotopic (exact) mass is 550 g/mol. The van der Waals surface area contributed by atoms with E-state index in [2.05, 4.69) is 0 Å². The average Bonchev–Trinajstić information content (AvgIpc) is 3.61. The molecule has 3 aliphatic rings. The lowest BCUT2D eigenvalue weighted by molar-refractivity contribution is 0.0739. The van der Waals surface area contributed by atoms with Crippen LogP contribution < -0.4 is 9.64 Å². The van der Waals surface area contributed by atoms with Crippen LogP contribution in [0, 0.1) is 5.82 Å². The van der Waals surface area contributed by atoms with Crippen LogP contribution in [-0.2, 0) is 19.7 Å². The molecule has 3 fully saturated rings. The van der Waals surface area contributed by atoms with Gasteiger partial charge in [0.1, 0.15) is 11.6 Å². The van der Waals surface area contributed by atoms with Gasteiger partial charge in [0.25, 0.3) is 5.91 Å². The van der Waals surface area contributed by atoms with E-state index in [4.69, 9.17) is 4.74 Å². The highest BCUT2D eigenvalue weighted by atomic mass is 32.2. The summed E-state index contributed by atoms with van der Waals surface area (Å²) >= 11 is 0. The molecule has 2 aromatic rings. The van der Waals surface area contributed by atoms with E-state index in [1.165, 1.54) is 24.3 Å². The number of anilines is 1. The molecule has 5 rings (SSSR count). The molecule has 11 heteroatoms. The van der Waals surface area contributed by atoms with Crippen molar-refractivity contribution in [3.8, 4) is 5.75 Å². The topological polar surface area (TPSA) is 101 Å². The lowest BCUT2D eigenvalue weighted by Crippen LogP contribution is -2.49. The van der Waals surface area contributed by atoms with Gasteiger partial charge in [0.15, 0.2) is 19.7 Å². The first-order valence-electron chi connectivity index (χ1n) is 12.6. The Morgan fingerprint density at radius 1 is 0.892 bits per heavy atom. The van der Waals surface area contributed by atoms with Crippen LogP contribution in [0.4, 0.5) is 10.1 Å². The minimum atomic E-state index is -3.52. The molecule has 0 aromatic heterocycles. The van der Waals surface area contributed by atoms with E-state index in [1.54, 1.807) is 15.9 Å². The third-order valence-corrected chi connectivity index (χ3v) is 10.7. The Morgan fingerprint density at radius 2 is 1.54 bits per heavy atom. The normalized spacial score (nSPS) is 19.3. The van der Waals surface area contributed by atoms with E-state index in [0.717, 1.165) is 38.0 Å². The second-order valence-corrected chi connectivity index (χ2v) is 14.3. The van der Waals surface area contributed by atoms with Gasteiger partial charge in [0.2, 0.25) is 0 Å². The molecule has 1 amide bonds. The summed E-state index contributed by atoms with van der Waals surface area (Å²) in [4.78, 5) is 17.0. The molecular weight excluding hydrogens is 519 g/mol. The molecule has 37 heavy (non-hydrogen) atoms. The van der Waals surface area contributed by atoms with Crippen molar-refractivity contribution in [2.75, 3.05) is 37.3 Å². The van der Waals surface area contributed by atoms with E-state index in [9.17, 15) is 26.0 Å². The SMILES string of the molecule is CS(=O)(=O)c1ccc(OC2CCCC2)c(C(=O)N2CCN(c3ccc(S(=O)(=O)C4CC4)cc3F)CC2)c1. The number of benzene rings is 2. The Balaban J connectivity index is 1.31. The van der Waals surface area contributed by atoms with Crippen LogP contribution in [0.5, 0.6) is 5.75 Å². The van der Waals surface area contributed by atoms with Gasteiger partial charge < -0.3 is 14.5 Å². The summed E-state index contributed by atoms with van der Waals surface area (Å²) in [5.74, 6) is -0.552. The highest BCUT2D eigenvalue weighted by molar-refractivity contribution is 7.92. The quantitative estimate of drug-likeness (QED) is 0.521. The van der Waals surface area contributed by atoms with E-state index < -0.39 is 30.7 Å². The minimum Gasteiger partial charge on any atom is -0.490 e. The Morgan fingerprint density at radius 3 is 2.14 bits per heavy atom. The number of piperazine rings is 1. The third-order valence-electron chi connectivity index (χ3n) is 7.32. The summed E-state index contributed by atoms with van der Waals surface area (Å²) in [5.41, 5.74) is 0.510. The fourth-order valence-corrected chi connectivity index (χ4v) is 7.32. The largest absolute Gasteiger partial charge is 0.490 e. The van der Waals surface area contributed by atoms with Crippen molar-refractivity contribution in [1.29, 1.82) is 0 Å². The summed E-state index contributed by atoms with van der Waals surface area (Å²) in [5, 5.41) is -0.406. The Hall–Kier alpha value is -2.66. The number of amides is 1. The molecule has 1 aliphatic heterocycles. The second-order valence-electron chi connectivity index (χ2n) is 10.1. The van der Waals surface area contributed by atoms with Crippen LogP contribution in [0.25, 0.3) is 0 Å². The molecule has 0 unspecified atom stereocenters. The Bertz CT molecular complexity index is 1410. The Labute approximate surface area is 217 Å². The molecule has 0 bridgehead atoms. The van der Waals surface area contributed by atoms with Gasteiger partial charge in [0, 0.05) is 32.4 Å². The van der Waals surface area contributed by atoms with Gasteiger partial charge in [-0.25, -0.2) is 21.2 Å². The molecule has 200 valence electrons. The van der Waals surface area contributed by atoms with E-state index in [-0.39, 0.29) is 27.4 Å². The lowest BCUT2D eigenvalue weighted by atomic mass is 10.1. The van der Waals surface area contributed by atoms with Gasteiger partial charge >= 0.3 is 0 Å². The standard InChI is InChI=1S/C26H31FN2O6S2/c1-36(31,32)20-9-11-25(35-18-4-2-3-5-18)22(16-20)26(30)29-14-12-28(13-15-29)24-10-8-21(17-23(24)27)37(33,34)19-6-7-19/h8-11,16-19H,2-7,12-15H2,1H3. The summed E-state index contributed by atoms with van der Waals surface area (Å²) in [6.45, 7) is 1.29. The summed E-state index contributed by atoms with van der Waals surface area (Å²) < 4.78 is 70.2. The first-order chi connectivity index (χ1) is 17.5. The molecular formula is C26H31FN2O6S2. The molecule has 0 atom stereocenters. The van der Waals surface area contributed by atoms with E-state index in [0.29, 0.717) is 50.5 Å². The van der Waals surface area contributed by atoms with Crippen LogP contribution in [0.1, 0.15) is 48.9 Å². The summed E-state index contributed by atoms with van der Waals surface area (Å²) in [7, 11) is -7.00. The highest BCUT2D eigenvalue weighted by Crippen LogP contribution is 2.35. The van der Waals surface area contributed by atoms with Crippen LogP contribution in [-0.4, -0.2) is 71.4 Å². The molecule has 2 aliphatic carbocycles. The van der Waals surface area contributed by atoms with Gasteiger partial charge in [0.05, 0.1) is 32.4 Å². The maximum atomic E-state index is 14.9. The van der Waals surface area contributed by atoms with Gasteiger partial charge in [-0.1, -0.05) is 0 Å². The van der Waals surface area contributed by atoms with Crippen molar-refractivity contribution in [2.24, 2.45) is 0 Å². The number of halogens is 1. The van der Waals surface area contributed by atoms with Crippen molar-refractivity contribution in [2.45, 2.75) is 59.7 Å². The fraction of sp³-hybridized carbons (Fsp3) is 0.500. The first kappa shape index (κ1) is 26.0. The van der Waals surface area contributed by atoms with Crippen LogP contribution >= 0.6 is 0 Å². The molecule has 0 spiro atoms. The fourth-order valence-electron chi connectivity index (χ4n) is 5.01. The van der Waals surface area contributed by atoms with Crippen molar-refractivity contribution in [1.82, 2.24) is 4.90 Å². The van der Waals surface area contributed by atoms with E-state index in [1.807, 2.05) is 0 Å². The van der Waals surface area contributed by atoms with Crippen molar-refractivity contribution in [3.63, 3.8) is 0 Å².